The minimum atomic E-state index is -3.81. The molecular weight excluding hydrogens is 1810 g/mol. The summed E-state index contributed by atoms with van der Waals surface area (Å²) in [4.78, 5) is 98.7. The van der Waals surface area contributed by atoms with Gasteiger partial charge in [-0.1, -0.05) is 24.3 Å². The Kier molecular flexibility index (Phi) is 28.4. The number of aryl methyl sites for hydroxylation is 8. The second-order valence-corrected chi connectivity index (χ2v) is 50.2. The van der Waals surface area contributed by atoms with Crippen molar-refractivity contribution in [2.24, 2.45) is 27.7 Å². The smallest absolute Gasteiger partial charge is 0.420 e. The van der Waals surface area contributed by atoms with Crippen LogP contribution in [-0.2, 0) is 174 Å². The largest absolute Gasteiger partial charge is 0.443 e. The number of nitrogens with one attached hydrogen (secondary N) is 3. The van der Waals surface area contributed by atoms with Gasteiger partial charge in [0.1, 0.15) is 70.5 Å². The van der Waals surface area contributed by atoms with Crippen LogP contribution in [-0.4, -0.2) is 126 Å². The number of hydrogen-bond donors (Lipinski definition) is 9. The normalized spacial score (nSPS) is 17.1. The molecule has 129 heavy (non-hydrogen) atoms. The Morgan fingerprint density at radius 3 is 0.829 bits per heavy atom. The number of carbonyl (C=O) groups is 6. The first kappa shape index (κ1) is 97.9. The second kappa shape index (κ2) is 37.4. The van der Waals surface area contributed by atoms with E-state index >= 15 is 0 Å². The summed E-state index contributed by atoms with van der Waals surface area (Å²) in [5.41, 5.74) is 16.5. The Bertz CT molecular complexity index is 6040. The highest BCUT2D eigenvalue weighted by Gasteiger charge is 2.38. The molecular formula is C89H118N16O16S8. The maximum atomic E-state index is 14.1. The highest BCUT2D eigenvalue weighted by atomic mass is 32.3. The van der Waals surface area contributed by atoms with Crippen molar-refractivity contribution in [2.45, 2.75) is 301 Å². The van der Waals surface area contributed by atoms with E-state index in [1.54, 1.807) is 118 Å². The van der Waals surface area contributed by atoms with Gasteiger partial charge in [0.15, 0.2) is 39.7 Å². The van der Waals surface area contributed by atoms with Crippen LogP contribution in [0.3, 0.4) is 0 Å². The zero-order chi connectivity index (χ0) is 94.0. The van der Waals surface area contributed by atoms with Crippen LogP contribution in [0.15, 0.2) is 83.3 Å². The highest BCUT2D eigenvalue weighted by molar-refractivity contribution is 7.95. The van der Waals surface area contributed by atoms with Gasteiger partial charge in [0.25, 0.3) is 0 Å². The fourth-order valence-corrected chi connectivity index (χ4v) is 26.9. The van der Waals surface area contributed by atoms with Crippen LogP contribution in [0.2, 0.25) is 0 Å². The number of ether oxygens (including phenoxy) is 2. The predicted molar refractivity (Wildman–Crippen MR) is 504 cm³/mol. The third kappa shape index (κ3) is 22.3. The number of rotatable bonds is 14. The minimum Gasteiger partial charge on any atom is -0.443 e. The fraction of sp³-hybridized carbons (Fsp3) is 0.528. The Labute approximate surface area is 771 Å². The molecule has 0 bridgehead atoms. The summed E-state index contributed by atoms with van der Waals surface area (Å²) >= 11 is 3.86. The molecule has 8 aromatic rings. The van der Waals surface area contributed by atoms with E-state index in [1.807, 2.05) is 0 Å². The maximum absolute atomic E-state index is 14.1. The monoisotopic (exact) mass is 1920 g/mol. The van der Waals surface area contributed by atoms with Crippen LogP contribution in [0, 0.1) is 0 Å². The molecule has 8 aliphatic rings. The quantitative estimate of drug-likeness (QED) is 0.0488. The lowest BCUT2D eigenvalue weighted by atomic mass is 9.98. The van der Waals surface area contributed by atoms with E-state index in [0.717, 1.165) is 244 Å². The molecule has 8 aliphatic carbocycles. The molecule has 16 rings (SSSR count). The summed E-state index contributed by atoms with van der Waals surface area (Å²) < 4.78 is 85.4. The van der Waals surface area contributed by atoms with Gasteiger partial charge < -0.3 is 35.2 Å². The summed E-state index contributed by atoms with van der Waals surface area (Å²) in [7, 11) is -9.49. The summed E-state index contributed by atoms with van der Waals surface area (Å²) in [6, 6.07) is 6.32. The van der Waals surface area contributed by atoms with E-state index in [-0.39, 0.29) is 26.9 Å². The molecule has 10 amide bonds. The van der Waals surface area contributed by atoms with Gasteiger partial charge in [-0.3, -0.25) is 14.7 Å². The molecule has 0 radical (unpaired) electrons. The van der Waals surface area contributed by atoms with Gasteiger partial charge in [-0.15, -0.1) is 62.8 Å². The lowest BCUT2D eigenvalue weighted by Gasteiger charge is -2.23. The van der Waals surface area contributed by atoms with Crippen LogP contribution < -0.4 is 39.7 Å². The van der Waals surface area contributed by atoms with Gasteiger partial charge in [-0.25, -0.2) is 85.3 Å². The third-order valence-corrected chi connectivity index (χ3v) is 36.6. The van der Waals surface area contributed by atoms with Crippen molar-refractivity contribution >= 4 is 144 Å². The first-order valence-electron chi connectivity index (χ1n) is 43.3. The van der Waals surface area contributed by atoms with Gasteiger partial charge in [0.2, 0.25) is 0 Å². The van der Waals surface area contributed by atoms with Gasteiger partial charge in [0, 0.05) is 26.8 Å². The molecule has 0 saturated carbocycles. The Morgan fingerprint density at radius 1 is 0.357 bits per heavy atom. The lowest BCUT2D eigenvalue weighted by molar-refractivity contribution is 0.0559. The van der Waals surface area contributed by atoms with Crippen molar-refractivity contribution in [1.29, 1.82) is 0 Å². The molecule has 4 heterocycles. The fourth-order valence-electron chi connectivity index (χ4n) is 17.4. The molecule has 32 nitrogen and oxygen atoms in total. The molecule has 4 unspecified atom stereocenters. The van der Waals surface area contributed by atoms with Crippen molar-refractivity contribution < 1.29 is 75.5 Å². The topological polar surface area (TPSA) is 469 Å². The number of aromatic nitrogens is 4. The summed E-state index contributed by atoms with van der Waals surface area (Å²) in [6.45, 7) is 22.6. The van der Waals surface area contributed by atoms with Crippen molar-refractivity contribution in [3.05, 3.63) is 158 Å². The first-order chi connectivity index (χ1) is 60.1. The number of nitrogens with two attached hydrogens (primary N) is 2. The van der Waals surface area contributed by atoms with Crippen LogP contribution in [0.1, 0.15) is 257 Å². The molecule has 4 aromatic heterocycles. The molecule has 0 spiro atoms. The number of urea groups is 4. The molecule has 4 aromatic carbocycles. The van der Waals surface area contributed by atoms with E-state index < -0.39 is 110 Å². The average Bonchev–Trinajstić information content (AvgIpc) is 1.63. The summed E-state index contributed by atoms with van der Waals surface area (Å²) in [5.74, 6) is 0. The standard InChI is InChI=1S/C25H34N4O5S2.C24H32N4O5S2.2C20H26N4O3S2/c1-24(2,3)34-23(31)28-36(33,19-14-26-21(35-19)25(4,5)32)27-22(30)29(6)20-17-11-7-9-15(17)13-16-10-8-12-18(16)20;1-23(2,3)33-22(30)28-35(32,18-13-25-20(34-18)24(4,5)31)27-21(29)26-19-16-10-6-8-14(16)12-15-9-7-11-17(15)19;2*1-20(2,26)18-22-11-16(28-18)29(21,27)23-19(25)24(3)17-14-8-4-6-12(14)10-13-7-5-9-15(13)17/h13-14,32H,7-12H2,1-6H3,(H,27,28,30,31,33);12-13,31H,6-11H2,1-5H3,(H2,26,27,28,29,30,32);2*10-11,26H,4-9H2,1-3H3,(H2,21,23,25,27). The highest BCUT2D eigenvalue weighted by Crippen LogP contribution is 2.46. The van der Waals surface area contributed by atoms with Crippen LogP contribution in [0.4, 0.5) is 51.5 Å². The van der Waals surface area contributed by atoms with Crippen molar-refractivity contribution in [1.82, 2.24) is 29.4 Å². The SMILES string of the molecule is CC(C)(C)OC(=O)NS(=O)(=NC(=O)Nc1c2c(cc3c1CCC3)CCC2)c1cnc(C(C)(C)O)s1.CN(C(=O)N=S(=O)(NC(=O)OC(C)(C)C)c1cnc(C(C)(C)O)s1)c1c2c(cc3c1CCC3)CCC2.CN(C(=O)N=S(N)(=O)c1cnc(C(C)(C)O)s1)c1c2c(cc3c1CCC3)CCC2.CN(C(=O)N=S(N)(=O)c1cnc(C(C)(C)O)s1)c1c2c(cc3c1CCC3)CCC2. The van der Waals surface area contributed by atoms with E-state index in [1.165, 1.54) is 106 Å². The van der Waals surface area contributed by atoms with Crippen molar-refractivity contribution in [2.75, 3.05) is 41.2 Å². The van der Waals surface area contributed by atoms with Gasteiger partial charge in [0.05, 0.1) is 41.8 Å². The molecule has 4 atom stereocenters. The van der Waals surface area contributed by atoms with Gasteiger partial charge in [-0.2, -0.15) is 0 Å². The number of benzene rings is 4. The van der Waals surface area contributed by atoms with Crippen LogP contribution >= 0.6 is 45.3 Å². The molecule has 11 N–H and O–H groups in total. The van der Waals surface area contributed by atoms with Crippen molar-refractivity contribution in [3.63, 3.8) is 0 Å². The van der Waals surface area contributed by atoms with Gasteiger partial charge in [-0.05, 0) is 340 Å². The number of aliphatic hydroxyl groups is 4. The number of anilines is 4. The molecule has 698 valence electrons. The number of thiazole rings is 4. The third-order valence-electron chi connectivity index (χ3n) is 23.1. The molecule has 0 fully saturated rings. The second-order valence-electron chi connectivity index (χ2n) is 37.7. The number of fused-ring (bicyclic) bond motifs is 8. The molecule has 0 aliphatic heterocycles. The van der Waals surface area contributed by atoms with E-state index in [9.17, 15) is 66.0 Å². The Morgan fingerprint density at radius 2 is 0.581 bits per heavy atom. The maximum Gasteiger partial charge on any atom is 0.420 e. The number of hydrogen-bond acceptors (Lipinski definition) is 24. The zero-order valence-corrected chi connectivity index (χ0v) is 82.6. The van der Waals surface area contributed by atoms with E-state index in [2.05, 4.69) is 76.4 Å². The van der Waals surface area contributed by atoms with E-state index in [0.29, 0.717) is 10.0 Å². The zero-order valence-electron chi connectivity index (χ0n) is 76.1. The van der Waals surface area contributed by atoms with Crippen LogP contribution in [0.5, 0.6) is 0 Å². The Hall–Kier alpha value is -8.62. The number of amides is 10. The lowest BCUT2D eigenvalue weighted by Crippen LogP contribution is -2.37. The number of carbonyl (C=O) groups excluding carboxylic acids is 6. The summed E-state index contributed by atoms with van der Waals surface area (Å²) in [6.07, 6.45) is 27.0. The van der Waals surface area contributed by atoms with Crippen molar-refractivity contribution in [3.8, 4) is 0 Å². The summed E-state index contributed by atoms with van der Waals surface area (Å²) in [5, 5.41) is 56.9. The molecule has 0 saturated heterocycles. The first-order valence-corrected chi connectivity index (χ1v) is 52.7. The molecule has 40 heteroatoms. The number of nitrogens with zero attached hydrogens (tertiary/aromatic N) is 11. The Balaban J connectivity index is 0.000000147. The van der Waals surface area contributed by atoms with E-state index in [4.69, 9.17) is 19.8 Å². The predicted octanol–water partition coefficient (Wildman–Crippen LogP) is 16.3. The average molecular weight is 1920 g/mol. The van der Waals surface area contributed by atoms with Crippen LogP contribution in [0.25, 0.3) is 0 Å². The van der Waals surface area contributed by atoms with Gasteiger partial charge >= 0.3 is 36.3 Å². The minimum absolute atomic E-state index is 0.0409.